The van der Waals surface area contributed by atoms with Crippen LogP contribution in [0.5, 0.6) is 23.0 Å². The quantitative estimate of drug-likeness (QED) is 0.176. The number of ether oxygens (including phenoxy) is 2. The maximum Gasteiger partial charge on any atom is 0.260 e. The molecule has 0 aliphatic carbocycles. The predicted octanol–water partition coefficient (Wildman–Crippen LogP) is 7.36. The normalized spacial score (nSPS) is 14.6. The number of rotatable bonds is 2. The number of hydrogen-bond acceptors (Lipinski definition) is 4. The van der Waals surface area contributed by atoms with Gasteiger partial charge in [-0.3, -0.25) is 0 Å². The first-order valence-corrected chi connectivity index (χ1v) is 20.6. The molecule has 0 amide bonds. The smallest absolute Gasteiger partial charge is 0.260 e. The largest absolute Gasteiger partial charge is 0.458 e. The van der Waals surface area contributed by atoms with E-state index in [1.165, 1.54) is 43.5 Å². The van der Waals surface area contributed by atoms with Crippen molar-refractivity contribution < 1.29 is 9.47 Å². The van der Waals surface area contributed by atoms with Crippen molar-refractivity contribution >= 4 is 86.0 Å². The highest BCUT2D eigenvalue weighted by atomic mass is 28.3. The third kappa shape index (κ3) is 3.87. The number of fused-ring (bicyclic) bond motifs is 12. The first kappa shape index (κ1) is 29.8. The molecule has 0 radical (unpaired) electrons. The summed E-state index contributed by atoms with van der Waals surface area (Å²) in [6, 6.07) is 68.4. The molecule has 4 nitrogen and oxygen atoms in total. The first-order chi connectivity index (χ1) is 26.8. The molecule has 8 aromatic rings. The van der Waals surface area contributed by atoms with Gasteiger partial charge in [-0.1, -0.05) is 127 Å². The van der Waals surface area contributed by atoms with Crippen LogP contribution in [0.2, 0.25) is 0 Å². The topological polar surface area (TPSA) is 24.9 Å². The average molecular weight is 707 g/mol. The van der Waals surface area contributed by atoms with Crippen molar-refractivity contribution in [2.24, 2.45) is 0 Å². The van der Waals surface area contributed by atoms with Crippen molar-refractivity contribution in [3.8, 4) is 23.0 Å². The van der Waals surface area contributed by atoms with Gasteiger partial charge in [0.2, 0.25) is 0 Å². The number of benzene rings is 8. The molecule has 54 heavy (non-hydrogen) atoms. The molecule has 4 aliphatic heterocycles. The van der Waals surface area contributed by atoms with Gasteiger partial charge in [0.05, 0.1) is 5.69 Å². The third-order valence-corrected chi connectivity index (χ3v) is 16.7. The van der Waals surface area contributed by atoms with Crippen molar-refractivity contribution in [1.82, 2.24) is 0 Å². The number of hydrogen-bond donors (Lipinski definition) is 0. The fourth-order valence-electron chi connectivity index (χ4n) is 9.72. The molecular formula is C48H31BN2O2Si. The maximum atomic E-state index is 6.80. The minimum absolute atomic E-state index is 0.0263. The van der Waals surface area contributed by atoms with E-state index < -0.39 is 8.07 Å². The van der Waals surface area contributed by atoms with Gasteiger partial charge in [0.15, 0.2) is 8.07 Å². The van der Waals surface area contributed by atoms with Crippen LogP contribution >= 0.6 is 0 Å². The Hall–Kier alpha value is -6.76. The van der Waals surface area contributed by atoms with Gasteiger partial charge in [0, 0.05) is 46.0 Å². The summed E-state index contributed by atoms with van der Waals surface area (Å²) < 4.78 is 13.6. The second-order valence-electron chi connectivity index (χ2n) is 14.4. The van der Waals surface area contributed by atoms with Crippen molar-refractivity contribution in [3.63, 3.8) is 0 Å². The van der Waals surface area contributed by atoms with Crippen LogP contribution in [-0.2, 0) is 0 Å². The minimum Gasteiger partial charge on any atom is -0.458 e. The van der Waals surface area contributed by atoms with Gasteiger partial charge in [0.1, 0.15) is 23.0 Å². The molecule has 1 spiro atoms. The molecule has 0 atom stereocenters. The molecule has 0 fully saturated rings. The van der Waals surface area contributed by atoms with Gasteiger partial charge >= 0.3 is 0 Å². The molecule has 0 saturated carbocycles. The summed E-state index contributed by atoms with van der Waals surface area (Å²) in [7, 11) is -2.89. The van der Waals surface area contributed by atoms with E-state index in [9.17, 15) is 0 Å². The molecule has 4 heterocycles. The van der Waals surface area contributed by atoms with Gasteiger partial charge in [-0.25, -0.2) is 0 Å². The van der Waals surface area contributed by atoms with Crippen LogP contribution in [0.15, 0.2) is 188 Å². The monoisotopic (exact) mass is 706 g/mol. The molecule has 0 N–H and O–H groups in total. The van der Waals surface area contributed by atoms with Gasteiger partial charge in [-0.05, 0) is 80.2 Å². The fraction of sp³-hybridized carbons (Fsp3) is 0. The predicted molar refractivity (Wildman–Crippen MR) is 224 cm³/mol. The van der Waals surface area contributed by atoms with Gasteiger partial charge < -0.3 is 19.3 Å². The molecule has 6 heteroatoms. The Morgan fingerprint density at radius 1 is 0.352 bits per heavy atom. The van der Waals surface area contributed by atoms with Crippen LogP contribution in [0.3, 0.4) is 0 Å². The Balaban J connectivity index is 1.13. The zero-order chi connectivity index (χ0) is 35.4. The molecule has 0 aromatic heterocycles. The Morgan fingerprint density at radius 3 is 1.19 bits per heavy atom. The average Bonchev–Trinajstić information content (AvgIpc) is 3.23. The summed E-state index contributed by atoms with van der Waals surface area (Å²) in [5.74, 6) is 3.44. The summed E-state index contributed by atoms with van der Waals surface area (Å²) in [4.78, 5) is 4.90. The van der Waals surface area contributed by atoms with Crippen LogP contribution < -0.4 is 56.4 Å². The molecule has 8 aromatic carbocycles. The molecule has 4 aliphatic rings. The van der Waals surface area contributed by atoms with E-state index in [1.807, 2.05) is 0 Å². The van der Waals surface area contributed by atoms with E-state index in [4.69, 9.17) is 9.47 Å². The van der Waals surface area contributed by atoms with Crippen molar-refractivity contribution in [2.75, 3.05) is 9.80 Å². The SMILES string of the molecule is c1ccc(N2c3ccccc3[Si]3(c4ccccc42)c2ccccc2N(c2cc4c5c(c2)Oc2ccccc2B5c2ccccc2O4)c2ccccc23)cc1. The van der Waals surface area contributed by atoms with Crippen LogP contribution in [0, 0.1) is 0 Å². The maximum absolute atomic E-state index is 6.80. The third-order valence-electron chi connectivity index (χ3n) is 11.7. The van der Waals surface area contributed by atoms with Crippen LogP contribution in [-0.4, -0.2) is 14.8 Å². The van der Waals surface area contributed by atoms with Crippen molar-refractivity contribution in [1.29, 1.82) is 0 Å². The fourth-order valence-corrected chi connectivity index (χ4v) is 15.2. The lowest BCUT2D eigenvalue weighted by atomic mass is 9.35. The molecule has 252 valence electrons. The number of anilines is 6. The number of nitrogens with zero attached hydrogens (tertiary/aromatic N) is 2. The Kier molecular flexibility index (Phi) is 6.13. The molecule has 0 saturated heterocycles. The van der Waals surface area contributed by atoms with Crippen LogP contribution in [0.1, 0.15) is 0 Å². The Bertz CT molecular complexity index is 2670. The Morgan fingerprint density at radius 2 is 0.722 bits per heavy atom. The summed E-state index contributed by atoms with van der Waals surface area (Å²) in [6.07, 6.45) is 0. The standard InChI is InChI=1S/C48H31BN2O2Si/c1-2-16-32(17-3-1)50-36-20-6-12-26-44(36)54(45-27-13-7-21-37(45)50)46-28-14-8-22-38(46)51(39-23-9-15-29-47(39)54)33-30-42-48-43(31-33)53-41-25-11-5-19-35(41)49(48)34-18-4-10-24-40(34)52-42/h1-31H. The van der Waals surface area contributed by atoms with Crippen LogP contribution in [0.25, 0.3) is 0 Å². The van der Waals surface area contributed by atoms with E-state index in [1.54, 1.807) is 0 Å². The van der Waals surface area contributed by atoms with E-state index in [0.29, 0.717) is 0 Å². The first-order valence-electron chi connectivity index (χ1n) is 18.6. The molecule has 0 unspecified atom stereocenters. The Labute approximate surface area is 315 Å². The zero-order valence-electron chi connectivity index (χ0n) is 29.2. The summed E-state index contributed by atoms with van der Waals surface area (Å²) in [5.41, 5.74) is 10.4. The zero-order valence-corrected chi connectivity index (χ0v) is 30.2. The molecule has 12 rings (SSSR count). The highest BCUT2D eigenvalue weighted by molar-refractivity contribution is 7.23. The minimum atomic E-state index is -2.89. The van der Waals surface area contributed by atoms with Gasteiger partial charge in [-0.15, -0.1) is 0 Å². The molecule has 0 bridgehead atoms. The second-order valence-corrected chi connectivity index (χ2v) is 18.0. The summed E-state index contributed by atoms with van der Waals surface area (Å²) in [6.45, 7) is 0.0263. The van der Waals surface area contributed by atoms with E-state index in [2.05, 4.69) is 198 Å². The highest BCUT2D eigenvalue weighted by Crippen LogP contribution is 2.46. The summed E-state index contributed by atoms with van der Waals surface area (Å²) >= 11 is 0. The van der Waals surface area contributed by atoms with Gasteiger partial charge in [0.25, 0.3) is 6.71 Å². The molecular weight excluding hydrogens is 675 g/mol. The van der Waals surface area contributed by atoms with Crippen LogP contribution in [0.4, 0.5) is 34.1 Å². The second kappa shape index (κ2) is 11.1. The number of para-hydroxylation sites is 7. The lowest BCUT2D eigenvalue weighted by Gasteiger charge is -2.50. The van der Waals surface area contributed by atoms with E-state index in [0.717, 1.165) is 50.8 Å². The van der Waals surface area contributed by atoms with Crippen molar-refractivity contribution in [3.05, 3.63) is 188 Å². The van der Waals surface area contributed by atoms with Gasteiger partial charge in [-0.2, -0.15) is 0 Å². The lowest BCUT2D eigenvalue weighted by molar-refractivity contribution is 0.465. The van der Waals surface area contributed by atoms with E-state index in [-0.39, 0.29) is 6.71 Å². The van der Waals surface area contributed by atoms with Crippen molar-refractivity contribution in [2.45, 2.75) is 0 Å². The highest BCUT2D eigenvalue weighted by Gasteiger charge is 2.54. The summed E-state index contributed by atoms with van der Waals surface area (Å²) in [5, 5.41) is 5.49. The lowest BCUT2D eigenvalue weighted by Crippen LogP contribution is -2.79. The van der Waals surface area contributed by atoms with E-state index >= 15 is 0 Å².